The van der Waals surface area contributed by atoms with E-state index in [-0.39, 0.29) is 5.91 Å². The Bertz CT molecular complexity index is 973. The van der Waals surface area contributed by atoms with Gasteiger partial charge in [0.1, 0.15) is 0 Å². The van der Waals surface area contributed by atoms with Gasteiger partial charge in [0.25, 0.3) is 0 Å². The monoisotopic (exact) mass is 404 g/mol. The van der Waals surface area contributed by atoms with E-state index in [4.69, 9.17) is 0 Å². The smallest absolute Gasteiger partial charge is 0.233 e. The lowest BCUT2D eigenvalue weighted by Crippen LogP contribution is -2.31. The first-order chi connectivity index (χ1) is 13.8. The predicted octanol–water partition coefficient (Wildman–Crippen LogP) is 5.62. The maximum Gasteiger partial charge on any atom is 0.233 e. The lowest BCUT2D eigenvalue weighted by atomic mass is 10.1. The third kappa shape index (κ3) is 4.80. The molecule has 0 saturated heterocycles. The third-order valence-corrected chi connectivity index (χ3v) is 6.54. The van der Waals surface area contributed by atoms with Gasteiger partial charge in [0, 0.05) is 13.1 Å². The Labute approximate surface area is 173 Å². The number of amides is 1. The lowest BCUT2D eigenvalue weighted by molar-refractivity contribution is -0.129. The van der Waals surface area contributed by atoms with Crippen LogP contribution in [0.25, 0.3) is 10.2 Å². The molecule has 3 aromatic carbocycles. The highest BCUT2D eigenvalue weighted by Crippen LogP contribution is 2.29. The molecular formula is C23H20N2OS2. The van der Waals surface area contributed by atoms with Crippen LogP contribution in [0, 0.1) is 0 Å². The number of rotatable bonds is 7. The quantitative estimate of drug-likeness (QED) is 0.375. The van der Waals surface area contributed by atoms with Gasteiger partial charge in [-0.2, -0.15) is 0 Å². The molecule has 1 aromatic heterocycles. The van der Waals surface area contributed by atoms with E-state index in [9.17, 15) is 4.79 Å². The Morgan fingerprint density at radius 2 is 1.39 bits per heavy atom. The molecule has 0 N–H and O–H groups in total. The Morgan fingerprint density at radius 1 is 0.821 bits per heavy atom. The summed E-state index contributed by atoms with van der Waals surface area (Å²) >= 11 is 3.16. The number of thiazole rings is 1. The molecule has 0 fully saturated rings. The Balaban J connectivity index is 1.46. The predicted molar refractivity (Wildman–Crippen MR) is 117 cm³/mol. The normalized spacial score (nSPS) is 10.9. The van der Waals surface area contributed by atoms with Crippen molar-refractivity contribution in [3.63, 3.8) is 0 Å². The molecule has 0 saturated carbocycles. The summed E-state index contributed by atoms with van der Waals surface area (Å²) in [5.74, 6) is 0.511. The van der Waals surface area contributed by atoms with Gasteiger partial charge in [0.2, 0.25) is 5.91 Å². The first kappa shape index (κ1) is 18.7. The van der Waals surface area contributed by atoms with Crippen LogP contribution in [-0.2, 0) is 17.9 Å². The molecular weight excluding hydrogens is 384 g/mol. The molecule has 0 bridgehead atoms. The zero-order valence-electron chi connectivity index (χ0n) is 15.3. The number of benzene rings is 3. The van der Waals surface area contributed by atoms with E-state index in [2.05, 4.69) is 35.3 Å². The van der Waals surface area contributed by atoms with Crippen LogP contribution in [0.5, 0.6) is 0 Å². The molecule has 0 aliphatic carbocycles. The summed E-state index contributed by atoms with van der Waals surface area (Å²) in [6.45, 7) is 1.21. The minimum atomic E-state index is 0.122. The molecule has 5 heteroatoms. The van der Waals surface area contributed by atoms with Crippen LogP contribution in [0.15, 0.2) is 89.3 Å². The van der Waals surface area contributed by atoms with Crippen LogP contribution in [0.3, 0.4) is 0 Å². The molecule has 0 aliphatic rings. The molecule has 4 aromatic rings. The zero-order chi connectivity index (χ0) is 19.2. The van der Waals surface area contributed by atoms with E-state index in [0.29, 0.717) is 18.8 Å². The summed E-state index contributed by atoms with van der Waals surface area (Å²) in [5, 5.41) is 0. The third-order valence-electron chi connectivity index (χ3n) is 4.38. The summed E-state index contributed by atoms with van der Waals surface area (Å²) in [6.07, 6.45) is 0. The van der Waals surface area contributed by atoms with E-state index in [1.54, 1.807) is 11.3 Å². The van der Waals surface area contributed by atoms with Crippen LogP contribution < -0.4 is 0 Å². The van der Waals surface area contributed by atoms with Gasteiger partial charge in [-0.1, -0.05) is 84.6 Å². The fraction of sp³-hybridized carbons (Fsp3) is 0.130. The Morgan fingerprint density at radius 3 is 2.00 bits per heavy atom. The van der Waals surface area contributed by atoms with E-state index >= 15 is 0 Å². The topological polar surface area (TPSA) is 33.2 Å². The second kappa shape index (κ2) is 9.04. The minimum Gasteiger partial charge on any atom is -0.333 e. The van der Waals surface area contributed by atoms with Crippen molar-refractivity contribution in [2.75, 3.05) is 5.75 Å². The number of nitrogens with zero attached hydrogens (tertiary/aromatic N) is 2. The molecule has 0 radical (unpaired) electrons. The number of aromatic nitrogens is 1. The average Bonchev–Trinajstić information content (AvgIpc) is 3.16. The largest absolute Gasteiger partial charge is 0.333 e. The highest BCUT2D eigenvalue weighted by atomic mass is 32.2. The van der Waals surface area contributed by atoms with Gasteiger partial charge >= 0.3 is 0 Å². The van der Waals surface area contributed by atoms with Crippen molar-refractivity contribution < 1.29 is 4.79 Å². The number of hydrogen-bond acceptors (Lipinski definition) is 4. The molecule has 1 amide bonds. The molecule has 0 aliphatic heterocycles. The average molecular weight is 405 g/mol. The first-order valence-corrected chi connectivity index (χ1v) is 10.9. The van der Waals surface area contributed by atoms with Crippen LogP contribution in [0.1, 0.15) is 11.1 Å². The lowest BCUT2D eigenvalue weighted by Gasteiger charge is -2.23. The van der Waals surface area contributed by atoms with Gasteiger partial charge in [0.15, 0.2) is 4.34 Å². The first-order valence-electron chi connectivity index (χ1n) is 9.12. The van der Waals surface area contributed by atoms with Crippen molar-refractivity contribution in [1.29, 1.82) is 0 Å². The summed E-state index contributed by atoms with van der Waals surface area (Å²) in [4.78, 5) is 19.6. The second-order valence-corrected chi connectivity index (χ2v) is 8.71. The SMILES string of the molecule is O=C(CSc1nc2ccccc2s1)N(Cc1ccccc1)Cc1ccccc1. The van der Waals surface area contributed by atoms with Crippen LogP contribution in [0.2, 0.25) is 0 Å². The summed E-state index contributed by atoms with van der Waals surface area (Å²) in [5.41, 5.74) is 3.27. The maximum atomic E-state index is 13.0. The second-order valence-electron chi connectivity index (χ2n) is 6.46. The molecule has 0 spiro atoms. The molecule has 140 valence electrons. The number of carbonyl (C=O) groups excluding carboxylic acids is 1. The van der Waals surface area contributed by atoms with Gasteiger partial charge in [-0.3, -0.25) is 4.79 Å². The van der Waals surface area contributed by atoms with Gasteiger partial charge in [0.05, 0.1) is 16.0 Å². The van der Waals surface area contributed by atoms with Crippen molar-refractivity contribution in [2.24, 2.45) is 0 Å². The van der Waals surface area contributed by atoms with Crippen molar-refractivity contribution >= 4 is 39.2 Å². The highest BCUT2D eigenvalue weighted by molar-refractivity contribution is 8.01. The standard InChI is InChI=1S/C23H20N2OS2/c26-22(17-27-23-24-20-13-7-8-14-21(20)28-23)25(15-18-9-3-1-4-10-18)16-19-11-5-2-6-12-19/h1-14H,15-17H2. The fourth-order valence-corrected chi connectivity index (χ4v) is 4.94. The minimum absolute atomic E-state index is 0.122. The molecule has 3 nitrogen and oxygen atoms in total. The van der Waals surface area contributed by atoms with Crippen molar-refractivity contribution in [2.45, 2.75) is 17.4 Å². The van der Waals surface area contributed by atoms with Gasteiger partial charge < -0.3 is 4.90 Å². The van der Waals surface area contributed by atoms with Crippen molar-refractivity contribution in [1.82, 2.24) is 9.88 Å². The number of para-hydroxylation sites is 1. The number of hydrogen-bond donors (Lipinski definition) is 0. The molecule has 4 rings (SSSR count). The van der Waals surface area contributed by atoms with Crippen LogP contribution in [-0.4, -0.2) is 21.5 Å². The molecule has 0 atom stereocenters. The van der Waals surface area contributed by atoms with Gasteiger partial charge in [-0.25, -0.2) is 4.98 Å². The van der Waals surface area contributed by atoms with Gasteiger partial charge in [-0.15, -0.1) is 11.3 Å². The summed E-state index contributed by atoms with van der Waals surface area (Å²) < 4.78 is 2.09. The fourth-order valence-electron chi connectivity index (χ4n) is 2.97. The number of thioether (sulfide) groups is 1. The van der Waals surface area contributed by atoms with E-state index in [1.807, 2.05) is 59.5 Å². The molecule has 1 heterocycles. The number of carbonyl (C=O) groups is 1. The summed E-state index contributed by atoms with van der Waals surface area (Å²) in [6, 6.07) is 28.4. The van der Waals surface area contributed by atoms with E-state index < -0.39 is 0 Å². The summed E-state index contributed by atoms with van der Waals surface area (Å²) in [7, 11) is 0. The molecule has 28 heavy (non-hydrogen) atoms. The Hall–Kier alpha value is -2.63. The van der Waals surface area contributed by atoms with Crippen LogP contribution in [0.4, 0.5) is 0 Å². The highest BCUT2D eigenvalue weighted by Gasteiger charge is 2.16. The zero-order valence-corrected chi connectivity index (χ0v) is 17.0. The van der Waals surface area contributed by atoms with Crippen molar-refractivity contribution in [3.8, 4) is 0 Å². The Kier molecular flexibility index (Phi) is 6.04. The molecule has 0 unspecified atom stereocenters. The van der Waals surface area contributed by atoms with Crippen LogP contribution >= 0.6 is 23.1 Å². The van der Waals surface area contributed by atoms with Crippen molar-refractivity contribution in [3.05, 3.63) is 96.1 Å². The van der Waals surface area contributed by atoms with Gasteiger partial charge in [-0.05, 0) is 23.3 Å². The maximum absolute atomic E-state index is 13.0. The number of fused-ring (bicyclic) bond motifs is 1. The van der Waals surface area contributed by atoms with E-state index in [1.165, 1.54) is 11.8 Å². The van der Waals surface area contributed by atoms with E-state index in [0.717, 1.165) is 25.7 Å².